The van der Waals surface area contributed by atoms with Crippen LogP contribution in [0.25, 0.3) is 6.08 Å². The van der Waals surface area contributed by atoms with Gasteiger partial charge in [0.1, 0.15) is 28.7 Å². The molecule has 1 aliphatic heterocycles. The normalized spacial score (nSPS) is 16.0. The van der Waals surface area contributed by atoms with Crippen molar-refractivity contribution in [2.45, 2.75) is 33.8 Å². The number of benzene rings is 2. The summed E-state index contributed by atoms with van der Waals surface area (Å²) in [6.07, 6.45) is 1.92. The predicted molar refractivity (Wildman–Crippen MR) is 127 cm³/mol. The van der Waals surface area contributed by atoms with E-state index in [1.807, 2.05) is 49.4 Å². The van der Waals surface area contributed by atoms with Crippen LogP contribution in [0, 0.1) is 6.92 Å². The summed E-state index contributed by atoms with van der Waals surface area (Å²) >= 11 is 1.07. The largest absolute Gasteiger partial charge is 0.506 e. The average molecular weight is 452 g/mol. The maximum atomic E-state index is 12.3. The summed E-state index contributed by atoms with van der Waals surface area (Å²) in [5.74, 6) is -0.603. The average Bonchev–Trinajstić information content (AvgIpc) is 3.08. The van der Waals surface area contributed by atoms with Crippen molar-refractivity contribution in [2.24, 2.45) is 4.99 Å². The molecule has 1 amide bonds. The minimum atomic E-state index is -0.705. The second-order valence-electron chi connectivity index (χ2n) is 7.07. The van der Waals surface area contributed by atoms with E-state index in [0.29, 0.717) is 11.5 Å². The Morgan fingerprint density at radius 2 is 1.88 bits per heavy atom. The molecule has 0 saturated heterocycles. The van der Waals surface area contributed by atoms with E-state index in [0.717, 1.165) is 28.6 Å². The molecule has 0 spiro atoms. The first-order chi connectivity index (χ1) is 15.4. The number of ether oxygens (including phenoxy) is 2. The second-order valence-corrected chi connectivity index (χ2v) is 8.10. The van der Waals surface area contributed by atoms with Gasteiger partial charge in [0.2, 0.25) is 5.91 Å². The highest BCUT2D eigenvalue weighted by atomic mass is 32.2. The number of aliphatic hydroxyl groups excluding tert-OH is 1. The molecule has 0 bridgehead atoms. The second kappa shape index (κ2) is 10.8. The van der Waals surface area contributed by atoms with E-state index in [9.17, 15) is 14.7 Å². The van der Waals surface area contributed by atoms with E-state index in [1.54, 1.807) is 19.9 Å². The van der Waals surface area contributed by atoms with Gasteiger partial charge in [-0.05, 0) is 43.2 Å². The summed E-state index contributed by atoms with van der Waals surface area (Å²) in [4.78, 5) is 28.5. The van der Waals surface area contributed by atoms with E-state index in [2.05, 4.69) is 11.1 Å². The Kier molecular flexibility index (Phi) is 7.89. The molecule has 0 saturated carbocycles. The zero-order valence-corrected chi connectivity index (χ0v) is 19.1. The smallest absolute Gasteiger partial charge is 0.344 e. The number of aliphatic imine (C=N–C) groups is 1. The third-order valence-corrected chi connectivity index (χ3v) is 5.58. The molecule has 3 rings (SSSR count). The van der Waals surface area contributed by atoms with Gasteiger partial charge < -0.3 is 14.6 Å². The van der Waals surface area contributed by atoms with E-state index < -0.39 is 5.97 Å². The Morgan fingerprint density at radius 1 is 1.12 bits per heavy atom. The minimum absolute atomic E-state index is 0.0805. The predicted octanol–water partition coefficient (Wildman–Crippen LogP) is 5.37. The highest BCUT2D eigenvalue weighted by Crippen LogP contribution is 2.39. The van der Waals surface area contributed by atoms with E-state index in [-0.39, 0.29) is 35.3 Å². The van der Waals surface area contributed by atoms with Gasteiger partial charge in [0.25, 0.3) is 0 Å². The van der Waals surface area contributed by atoms with Crippen molar-refractivity contribution in [1.29, 1.82) is 0 Å². The Hall–Kier alpha value is -3.32. The highest BCUT2D eigenvalue weighted by molar-refractivity contribution is 8.18. The van der Waals surface area contributed by atoms with Gasteiger partial charge in [-0.1, -0.05) is 60.6 Å². The molecular formula is C25H25NO5S. The molecule has 0 radical (unpaired) electrons. The monoisotopic (exact) mass is 451 g/mol. The number of carbonyl (C=O) groups is 2. The van der Waals surface area contributed by atoms with Gasteiger partial charge in [0.15, 0.2) is 0 Å². The van der Waals surface area contributed by atoms with Crippen molar-refractivity contribution in [3.8, 4) is 5.75 Å². The molecule has 6 nitrogen and oxygen atoms in total. The van der Waals surface area contributed by atoms with Crippen LogP contribution in [0.5, 0.6) is 5.75 Å². The first-order valence-electron chi connectivity index (χ1n) is 10.3. The van der Waals surface area contributed by atoms with Crippen molar-refractivity contribution >= 4 is 34.8 Å². The zero-order valence-electron chi connectivity index (χ0n) is 18.3. The lowest BCUT2D eigenvalue weighted by molar-refractivity contribution is -0.138. The number of hydrogen-bond acceptors (Lipinski definition) is 6. The highest BCUT2D eigenvalue weighted by Gasteiger charge is 2.33. The van der Waals surface area contributed by atoms with Crippen LogP contribution in [0.3, 0.4) is 0 Å². The van der Waals surface area contributed by atoms with Gasteiger partial charge >= 0.3 is 5.97 Å². The number of rotatable bonds is 7. The SMILES string of the molecule is CCOC(=O)C1=C(O)/C(=C/c2ccc(OCc3cccc(C)c3)cc2)SC1=NC(=O)CC. The number of hydrogen-bond donors (Lipinski definition) is 1. The van der Waals surface area contributed by atoms with Crippen LogP contribution in [0.4, 0.5) is 0 Å². The number of nitrogens with zero attached hydrogens (tertiary/aromatic N) is 1. The summed E-state index contributed by atoms with van der Waals surface area (Å²) in [6.45, 7) is 6.01. The Morgan fingerprint density at radius 3 is 2.53 bits per heavy atom. The van der Waals surface area contributed by atoms with Crippen LogP contribution in [0.2, 0.25) is 0 Å². The van der Waals surface area contributed by atoms with Crippen LogP contribution >= 0.6 is 11.8 Å². The van der Waals surface area contributed by atoms with E-state index in [1.165, 1.54) is 5.56 Å². The molecule has 1 N–H and O–H groups in total. The van der Waals surface area contributed by atoms with Gasteiger partial charge in [0.05, 0.1) is 11.5 Å². The number of thioether (sulfide) groups is 1. The molecule has 0 aromatic heterocycles. The van der Waals surface area contributed by atoms with Crippen LogP contribution in [0.15, 0.2) is 69.8 Å². The Bertz CT molecular complexity index is 1100. The first-order valence-corrected chi connectivity index (χ1v) is 11.1. The molecule has 1 heterocycles. The van der Waals surface area contributed by atoms with Crippen LogP contribution < -0.4 is 4.74 Å². The summed E-state index contributed by atoms with van der Waals surface area (Å²) in [5, 5.41) is 10.8. The molecule has 32 heavy (non-hydrogen) atoms. The number of aliphatic hydroxyl groups is 1. The van der Waals surface area contributed by atoms with E-state index >= 15 is 0 Å². The Labute approximate surface area is 191 Å². The molecule has 2 aromatic rings. The molecule has 7 heteroatoms. The molecule has 0 atom stereocenters. The van der Waals surface area contributed by atoms with Crippen molar-refractivity contribution in [1.82, 2.24) is 0 Å². The fraction of sp³-hybridized carbons (Fsp3) is 0.240. The molecule has 0 fully saturated rings. The third-order valence-electron chi connectivity index (χ3n) is 4.56. The van der Waals surface area contributed by atoms with Crippen LogP contribution in [-0.4, -0.2) is 28.6 Å². The quantitative estimate of drug-likeness (QED) is 0.570. The van der Waals surface area contributed by atoms with Gasteiger partial charge in [-0.15, -0.1) is 0 Å². The van der Waals surface area contributed by atoms with E-state index in [4.69, 9.17) is 9.47 Å². The molecule has 0 aliphatic carbocycles. The molecule has 2 aromatic carbocycles. The van der Waals surface area contributed by atoms with Gasteiger partial charge in [-0.3, -0.25) is 4.79 Å². The molecule has 1 aliphatic rings. The maximum absolute atomic E-state index is 12.3. The fourth-order valence-electron chi connectivity index (χ4n) is 2.96. The van der Waals surface area contributed by atoms with Gasteiger partial charge in [-0.2, -0.15) is 0 Å². The topological polar surface area (TPSA) is 85.2 Å². The Balaban J connectivity index is 1.78. The maximum Gasteiger partial charge on any atom is 0.344 e. The number of esters is 1. The van der Waals surface area contributed by atoms with Crippen molar-refractivity contribution in [3.63, 3.8) is 0 Å². The van der Waals surface area contributed by atoms with Crippen molar-refractivity contribution < 1.29 is 24.2 Å². The number of aryl methyl sites for hydroxylation is 1. The number of carbonyl (C=O) groups excluding carboxylic acids is 2. The number of amides is 1. The minimum Gasteiger partial charge on any atom is -0.506 e. The molecule has 166 valence electrons. The lowest BCUT2D eigenvalue weighted by atomic mass is 10.1. The summed E-state index contributed by atoms with van der Waals surface area (Å²) in [6, 6.07) is 15.5. The zero-order chi connectivity index (χ0) is 23.1. The van der Waals surface area contributed by atoms with Gasteiger partial charge in [0, 0.05) is 6.42 Å². The molecular weight excluding hydrogens is 426 g/mol. The van der Waals surface area contributed by atoms with Crippen molar-refractivity contribution in [2.75, 3.05) is 6.61 Å². The van der Waals surface area contributed by atoms with Crippen molar-refractivity contribution in [3.05, 3.63) is 81.5 Å². The summed E-state index contributed by atoms with van der Waals surface area (Å²) in [5.41, 5.74) is 2.99. The van der Waals surface area contributed by atoms with Crippen LogP contribution in [0.1, 0.15) is 37.0 Å². The van der Waals surface area contributed by atoms with Crippen LogP contribution in [-0.2, 0) is 20.9 Å². The molecule has 0 unspecified atom stereocenters. The first kappa shape index (κ1) is 23.3. The summed E-state index contributed by atoms with van der Waals surface area (Å²) < 4.78 is 10.9. The standard InChI is InChI=1S/C25H25NO5S/c1-4-21(27)26-24-22(25(29)30-5-2)23(28)20(32-24)14-17-9-11-19(12-10-17)31-15-18-8-6-7-16(3)13-18/h6-14,28H,4-5,15H2,1-3H3/b20-14-,26-24?. The summed E-state index contributed by atoms with van der Waals surface area (Å²) in [7, 11) is 0. The lowest BCUT2D eigenvalue weighted by Crippen LogP contribution is -2.14. The third kappa shape index (κ3) is 5.88. The lowest BCUT2D eigenvalue weighted by Gasteiger charge is -2.07. The van der Waals surface area contributed by atoms with Gasteiger partial charge in [-0.25, -0.2) is 9.79 Å². The fourth-order valence-corrected chi connectivity index (χ4v) is 4.00.